The van der Waals surface area contributed by atoms with Crippen LogP contribution in [0.1, 0.15) is 5.56 Å². The zero-order valence-corrected chi connectivity index (χ0v) is 14.5. The molecule has 1 aromatic heterocycles. The van der Waals surface area contributed by atoms with E-state index in [1.807, 2.05) is 23.9 Å². The molecule has 25 heavy (non-hydrogen) atoms. The molecule has 0 unspecified atom stereocenters. The van der Waals surface area contributed by atoms with Crippen molar-refractivity contribution >= 4 is 22.7 Å². The Morgan fingerprint density at radius 3 is 2.76 bits per heavy atom. The van der Waals surface area contributed by atoms with Crippen molar-refractivity contribution in [3.05, 3.63) is 64.2 Å². The number of hydrogen-bond acceptors (Lipinski definition) is 4. The van der Waals surface area contributed by atoms with Crippen LogP contribution >= 0.6 is 11.8 Å². The minimum atomic E-state index is -0.258. The van der Waals surface area contributed by atoms with Crippen molar-refractivity contribution in [2.24, 2.45) is 0 Å². The number of fused-ring (bicyclic) bond motifs is 1. The zero-order valence-electron chi connectivity index (χ0n) is 13.7. The van der Waals surface area contributed by atoms with Crippen LogP contribution in [0.5, 0.6) is 0 Å². The van der Waals surface area contributed by atoms with Gasteiger partial charge in [-0.15, -0.1) is 0 Å². The summed E-state index contributed by atoms with van der Waals surface area (Å²) < 4.78 is 14.6. The molecule has 0 atom stereocenters. The lowest BCUT2D eigenvalue weighted by Crippen LogP contribution is -2.32. The molecule has 1 aliphatic rings. The maximum absolute atomic E-state index is 14.6. The van der Waals surface area contributed by atoms with Crippen molar-refractivity contribution in [2.75, 3.05) is 24.6 Å². The molecule has 0 bridgehead atoms. The molecule has 1 aliphatic heterocycles. The Kier molecular flexibility index (Phi) is 4.55. The first-order valence-corrected chi connectivity index (χ1v) is 9.44. The number of aromatic amines is 1. The van der Waals surface area contributed by atoms with Gasteiger partial charge in [-0.2, -0.15) is 11.8 Å². The summed E-state index contributed by atoms with van der Waals surface area (Å²) in [7, 11) is 0. The minimum absolute atomic E-state index is 0.212. The normalized spacial score (nSPS) is 15.6. The second-order valence-electron chi connectivity index (χ2n) is 6.13. The van der Waals surface area contributed by atoms with E-state index in [0.29, 0.717) is 34.4 Å². The van der Waals surface area contributed by atoms with Crippen LogP contribution < -0.4 is 5.56 Å². The Bertz CT molecular complexity index is 966. The number of halogens is 1. The molecule has 1 saturated heterocycles. The lowest BCUT2D eigenvalue weighted by Gasteiger charge is -2.26. The number of H-pyrrole nitrogens is 1. The first kappa shape index (κ1) is 16.3. The highest BCUT2D eigenvalue weighted by Gasteiger charge is 2.14. The monoisotopic (exact) mass is 355 g/mol. The van der Waals surface area contributed by atoms with E-state index in [1.54, 1.807) is 24.3 Å². The van der Waals surface area contributed by atoms with Crippen LogP contribution in [-0.2, 0) is 6.54 Å². The van der Waals surface area contributed by atoms with Gasteiger partial charge in [-0.1, -0.05) is 24.3 Å². The predicted molar refractivity (Wildman–Crippen MR) is 100 cm³/mol. The van der Waals surface area contributed by atoms with Crippen LogP contribution in [0.4, 0.5) is 4.39 Å². The summed E-state index contributed by atoms with van der Waals surface area (Å²) in [4.78, 5) is 21.7. The number of thioether (sulfide) groups is 1. The van der Waals surface area contributed by atoms with E-state index in [4.69, 9.17) is 0 Å². The largest absolute Gasteiger partial charge is 0.306 e. The summed E-state index contributed by atoms with van der Waals surface area (Å²) in [5, 5.41) is 0.534. The summed E-state index contributed by atoms with van der Waals surface area (Å²) in [6, 6.07) is 12.2. The van der Waals surface area contributed by atoms with Crippen LogP contribution in [0, 0.1) is 5.82 Å². The smallest absolute Gasteiger partial charge is 0.259 e. The number of benzene rings is 2. The first-order chi connectivity index (χ1) is 12.2. The predicted octanol–water partition coefficient (Wildman–Crippen LogP) is 3.28. The third-order valence-corrected chi connectivity index (χ3v) is 5.38. The second kappa shape index (κ2) is 6.98. The Hall–Kier alpha value is -2.18. The van der Waals surface area contributed by atoms with Gasteiger partial charge in [0.05, 0.1) is 10.9 Å². The fraction of sp³-hybridized carbons (Fsp3) is 0.263. The highest BCUT2D eigenvalue weighted by Crippen LogP contribution is 2.21. The van der Waals surface area contributed by atoms with E-state index in [0.717, 1.165) is 24.6 Å². The van der Waals surface area contributed by atoms with Crippen LogP contribution in [0.3, 0.4) is 0 Å². The van der Waals surface area contributed by atoms with Crippen molar-refractivity contribution in [1.29, 1.82) is 0 Å². The number of nitrogens with zero attached hydrogens (tertiary/aromatic N) is 2. The molecular weight excluding hydrogens is 337 g/mol. The number of nitrogens with one attached hydrogen (secondary N) is 1. The fourth-order valence-corrected chi connectivity index (χ4v) is 4.02. The maximum atomic E-state index is 14.6. The Labute approximate surface area is 149 Å². The van der Waals surface area contributed by atoms with Gasteiger partial charge < -0.3 is 4.98 Å². The lowest BCUT2D eigenvalue weighted by atomic mass is 10.1. The van der Waals surface area contributed by atoms with Gasteiger partial charge in [0.25, 0.3) is 5.56 Å². The summed E-state index contributed by atoms with van der Waals surface area (Å²) >= 11 is 1.94. The van der Waals surface area contributed by atoms with Crippen LogP contribution in [0.25, 0.3) is 22.3 Å². The van der Waals surface area contributed by atoms with Crippen LogP contribution in [-0.4, -0.2) is 39.5 Å². The van der Waals surface area contributed by atoms with Crippen LogP contribution in [0.15, 0.2) is 47.3 Å². The molecule has 4 rings (SSSR count). The first-order valence-electron chi connectivity index (χ1n) is 8.29. The molecule has 2 heterocycles. The Morgan fingerprint density at radius 1 is 1.16 bits per heavy atom. The quantitative estimate of drug-likeness (QED) is 0.783. The molecule has 3 aromatic rings. The van der Waals surface area contributed by atoms with E-state index < -0.39 is 0 Å². The molecule has 0 saturated carbocycles. The molecule has 4 nitrogen and oxygen atoms in total. The molecular formula is C19H18FN3OS. The Morgan fingerprint density at radius 2 is 1.96 bits per heavy atom. The summed E-state index contributed by atoms with van der Waals surface area (Å²) in [6.07, 6.45) is 0. The fourth-order valence-electron chi connectivity index (χ4n) is 3.05. The van der Waals surface area contributed by atoms with Gasteiger partial charge in [-0.25, -0.2) is 9.37 Å². The lowest BCUT2D eigenvalue weighted by molar-refractivity contribution is 0.290. The van der Waals surface area contributed by atoms with Gasteiger partial charge in [0.1, 0.15) is 11.6 Å². The third-order valence-electron chi connectivity index (χ3n) is 4.44. The molecule has 1 fully saturated rings. The number of para-hydroxylation sites is 1. The molecule has 128 valence electrons. The average molecular weight is 355 g/mol. The summed E-state index contributed by atoms with van der Waals surface area (Å²) in [5.41, 5.74) is 1.66. The zero-order chi connectivity index (χ0) is 17.2. The SMILES string of the molecule is O=c1[nH]c(-c2ccc(CN3CCSCC3)c(F)c2)nc2ccccc12. The summed E-state index contributed by atoms with van der Waals surface area (Å²) in [6.45, 7) is 2.60. The second-order valence-corrected chi connectivity index (χ2v) is 7.35. The van der Waals surface area contributed by atoms with Crippen molar-refractivity contribution in [3.63, 3.8) is 0 Å². The number of aromatic nitrogens is 2. The third kappa shape index (κ3) is 3.45. The highest BCUT2D eigenvalue weighted by atomic mass is 32.2. The van der Waals surface area contributed by atoms with Crippen molar-refractivity contribution in [2.45, 2.75) is 6.54 Å². The molecule has 0 aliphatic carbocycles. The van der Waals surface area contributed by atoms with Gasteiger partial charge >= 0.3 is 0 Å². The van der Waals surface area contributed by atoms with E-state index in [2.05, 4.69) is 14.9 Å². The maximum Gasteiger partial charge on any atom is 0.259 e. The van der Waals surface area contributed by atoms with E-state index in [9.17, 15) is 9.18 Å². The summed E-state index contributed by atoms with van der Waals surface area (Å²) in [5.74, 6) is 2.33. The molecule has 0 radical (unpaired) electrons. The van der Waals surface area contributed by atoms with Crippen molar-refractivity contribution in [3.8, 4) is 11.4 Å². The van der Waals surface area contributed by atoms with E-state index in [1.165, 1.54) is 6.07 Å². The van der Waals surface area contributed by atoms with Crippen molar-refractivity contribution in [1.82, 2.24) is 14.9 Å². The molecule has 0 spiro atoms. The van der Waals surface area contributed by atoms with Gasteiger partial charge in [0.2, 0.25) is 0 Å². The van der Waals surface area contributed by atoms with Crippen LogP contribution in [0.2, 0.25) is 0 Å². The standard InChI is InChI=1S/C19H18FN3OS/c20-16-11-13(5-6-14(16)12-23-7-9-25-10-8-23)18-21-17-4-2-1-3-15(17)19(24)22-18/h1-6,11H,7-10,12H2,(H,21,22,24). The Balaban J connectivity index is 1.65. The highest BCUT2D eigenvalue weighted by molar-refractivity contribution is 7.99. The molecule has 1 N–H and O–H groups in total. The number of rotatable bonds is 3. The molecule has 0 amide bonds. The molecule has 2 aromatic carbocycles. The topological polar surface area (TPSA) is 49.0 Å². The van der Waals surface area contributed by atoms with Gasteiger partial charge in [0, 0.05) is 42.3 Å². The van der Waals surface area contributed by atoms with Gasteiger partial charge in [0.15, 0.2) is 0 Å². The average Bonchev–Trinajstić information content (AvgIpc) is 2.64. The van der Waals surface area contributed by atoms with Gasteiger partial charge in [-0.05, 0) is 18.2 Å². The van der Waals surface area contributed by atoms with Gasteiger partial charge in [-0.3, -0.25) is 9.69 Å². The van der Waals surface area contributed by atoms with E-state index in [-0.39, 0.29) is 11.4 Å². The van der Waals surface area contributed by atoms with Crippen molar-refractivity contribution < 1.29 is 4.39 Å². The van der Waals surface area contributed by atoms with E-state index >= 15 is 0 Å². The number of hydrogen-bond donors (Lipinski definition) is 1. The molecule has 6 heteroatoms. The minimum Gasteiger partial charge on any atom is -0.306 e.